The molecule has 5 rings (SSSR count). The van der Waals surface area contributed by atoms with E-state index in [1.54, 1.807) is 30.5 Å². The van der Waals surface area contributed by atoms with Crippen LogP contribution in [-0.2, 0) is 25.5 Å². The Morgan fingerprint density at radius 2 is 1.83 bits per heavy atom. The van der Waals surface area contributed by atoms with Crippen LogP contribution in [0.4, 0.5) is 5.69 Å². The van der Waals surface area contributed by atoms with Crippen LogP contribution in [0, 0.1) is 0 Å². The minimum Gasteiger partial charge on any atom is -0.487 e. The summed E-state index contributed by atoms with van der Waals surface area (Å²) in [4.78, 5) is 30.6. The van der Waals surface area contributed by atoms with E-state index >= 15 is 0 Å². The summed E-state index contributed by atoms with van der Waals surface area (Å²) in [5, 5.41) is 14.1. The maximum Gasteiger partial charge on any atom is 0.337 e. The van der Waals surface area contributed by atoms with Gasteiger partial charge in [0.05, 0.1) is 42.3 Å². The summed E-state index contributed by atoms with van der Waals surface area (Å²) in [5.74, 6) is -0.716. The van der Waals surface area contributed by atoms with Gasteiger partial charge in [-0.15, -0.1) is 0 Å². The Labute approximate surface area is 208 Å². The molecule has 1 fully saturated rings. The molecule has 3 aromatic rings. The molecule has 2 aliphatic heterocycles. The number of para-hydroxylation sites is 1. The zero-order valence-electron chi connectivity index (χ0n) is 19.7. The zero-order chi connectivity index (χ0) is 25.1. The minimum atomic E-state index is -1.61. The number of aliphatic hydroxyl groups excluding tert-OH is 1. The summed E-state index contributed by atoms with van der Waals surface area (Å²) in [6.07, 6.45) is 0.825. The number of esters is 1. The predicted molar refractivity (Wildman–Crippen MR) is 131 cm³/mol. The van der Waals surface area contributed by atoms with Crippen LogP contribution in [0.2, 0.25) is 0 Å². The number of nitrogens with one attached hydrogen (secondary N) is 1. The lowest BCUT2D eigenvalue weighted by molar-refractivity contribution is -0.145. The Morgan fingerprint density at radius 3 is 2.50 bits per heavy atom. The molecule has 184 valence electrons. The first-order valence-electron chi connectivity index (χ1n) is 11.7. The molecule has 4 atom stereocenters. The van der Waals surface area contributed by atoms with E-state index in [9.17, 15) is 14.7 Å². The number of aliphatic hydroxyl groups is 1. The molecule has 4 unspecified atom stereocenters. The Kier molecular flexibility index (Phi) is 6.54. The summed E-state index contributed by atoms with van der Waals surface area (Å²) < 4.78 is 17.9. The second-order valence-electron chi connectivity index (χ2n) is 8.74. The molecule has 8 heteroatoms. The summed E-state index contributed by atoms with van der Waals surface area (Å²) in [6, 6.07) is 22.1. The summed E-state index contributed by atoms with van der Waals surface area (Å²) >= 11 is 0. The van der Waals surface area contributed by atoms with E-state index in [-0.39, 0.29) is 17.6 Å². The number of carbonyl (C=O) groups is 2. The van der Waals surface area contributed by atoms with Gasteiger partial charge in [-0.2, -0.15) is 0 Å². The quantitative estimate of drug-likeness (QED) is 0.471. The van der Waals surface area contributed by atoms with Crippen LogP contribution in [0.1, 0.15) is 12.0 Å². The van der Waals surface area contributed by atoms with Crippen molar-refractivity contribution >= 4 is 17.6 Å². The standard InChI is InChI=1S/C28H26N2O6/c1-34-27(33)25-24(26(32)30-19-11-8-14-29-17-19)21-16-22(31)28(25,36-21)23(15-18-9-4-2-5-10-18)35-20-12-6-3-7-13-20/h2-14,17,21-23,31H,15-16H2,1H3,(H,30,32). The van der Waals surface area contributed by atoms with Gasteiger partial charge in [-0.05, 0) is 29.8 Å². The average molecular weight is 487 g/mol. The van der Waals surface area contributed by atoms with Crippen LogP contribution in [0.25, 0.3) is 0 Å². The third-order valence-electron chi connectivity index (χ3n) is 6.57. The van der Waals surface area contributed by atoms with Crippen LogP contribution >= 0.6 is 0 Å². The highest BCUT2D eigenvalue weighted by molar-refractivity contribution is 6.11. The topological polar surface area (TPSA) is 107 Å². The number of fused-ring (bicyclic) bond motifs is 2. The monoisotopic (exact) mass is 486 g/mol. The molecule has 2 bridgehead atoms. The number of methoxy groups -OCH3 is 1. The number of benzene rings is 2. The lowest BCUT2D eigenvalue weighted by atomic mass is 9.74. The molecule has 2 aliphatic rings. The third kappa shape index (κ3) is 4.25. The molecule has 8 nitrogen and oxygen atoms in total. The third-order valence-corrected chi connectivity index (χ3v) is 6.57. The van der Waals surface area contributed by atoms with Crippen molar-refractivity contribution < 1.29 is 28.9 Å². The molecule has 2 N–H and O–H groups in total. The highest BCUT2D eigenvalue weighted by atomic mass is 16.6. The first-order chi connectivity index (χ1) is 17.5. The van der Waals surface area contributed by atoms with Crippen molar-refractivity contribution in [2.75, 3.05) is 12.4 Å². The van der Waals surface area contributed by atoms with Crippen molar-refractivity contribution in [2.45, 2.75) is 36.8 Å². The zero-order valence-corrected chi connectivity index (χ0v) is 19.7. The average Bonchev–Trinajstić information content (AvgIpc) is 3.43. The van der Waals surface area contributed by atoms with Crippen LogP contribution < -0.4 is 10.1 Å². The van der Waals surface area contributed by atoms with Gasteiger partial charge >= 0.3 is 5.97 Å². The Bertz CT molecular complexity index is 1220. The van der Waals surface area contributed by atoms with Gasteiger partial charge in [0.15, 0.2) is 5.60 Å². The molecule has 2 aromatic carbocycles. The normalized spacial score (nSPS) is 23.3. The molecule has 0 aliphatic carbocycles. The van der Waals surface area contributed by atoms with E-state index in [0.29, 0.717) is 17.9 Å². The maximum atomic E-state index is 13.4. The van der Waals surface area contributed by atoms with Gasteiger partial charge in [0, 0.05) is 19.0 Å². The van der Waals surface area contributed by atoms with Crippen molar-refractivity contribution in [3.05, 3.63) is 102 Å². The summed E-state index contributed by atoms with van der Waals surface area (Å²) in [5.41, 5.74) is -0.106. The molecule has 1 amide bonds. The summed E-state index contributed by atoms with van der Waals surface area (Å²) in [7, 11) is 1.24. The van der Waals surface area contributed by atoms with Crippen LogP contribution in [0.3, 0.4) is 0 Å². The van der Waals surface area contributed by atoms with E-state index < -0.39 is 35.8 Å². The fraction of sp³-hybridized carbons (Fsp3) is 0.250. The van der Waals surface area contributed by atoms with Crippen molar-refractivity contribution in [2.24, 2.45) is 0 Å². The largest absolute Gasteiger partial charge is 0.487 e. The van der Waals surface area contributed by atoms with Crippen LogP contribution in [0.15, 0.2) is 96.3 Å². The first-order valence-corrected chi connectivity index (χ1v) is 11.7. The molecule has 3 heterocycles. The van der Waals surface area contributed by atoms with Crippen molar-refractivity contribution in [1.29, 1.82) is 0 Å². The van der Waals surface area contributed by atoms with Gasteiger partial charge < -0.3 is 24.6 Å². The van der Waals surface area contributed by atoms with Gasteiger partial charge in [0.1, 0.15) is 11.9 Å². The van der Waals surface area contributed by atoms with Gasteiger partial charge in [0.25, 0.3) is 5.91 Å². The number of hydrogen-bond donors (Lipinski definition) is 2. The van der Waals surface area contributed by atoms with Gasteiger partial charge in [-0.1, -0.05) is 48.5 Å². The molecule has 1 aromatic heterocycles. The molecule has 1 saturated heterocycles. The number of amides is 1. The molecular formula is C28H26N2O6. The fourth-order valence-corrected chi connectivity index (χ4v) is 5.00. The lowest BCUT2D eigenvalue weighted by Crippen LogP contribution is -2.56. The number of aromatic nitrogens is 1. The first kappa shape index (κ1) is 23.7. The molecule has 0 saturated carbocycles. The van der Waals surface area contributed by atoms with Gasteiger partial charge in [0.2, 0.25) is 0 Å². The molecular weight excluding hydrogens is 460 g/mol. The van der Waals surface area contributed by atoms with E-state index in [2.05, 4.69) is 10.3 Å². The van der Waals surface area contributed by atoms with Gasteiger partial charge in [-0.3, -0.25) is 9.78 Å². The van der Waals surface area contributed by atoms with Crippen LogP contribution in [0.5, 0.6) is 5.75 Å². The van der Waals surface area contributed by atoms with E-state index in [0.717, 1.165) is 5.56 Å². The smallest absolute Gasteiger partial charge is 0.337 e. The fourth-order valence-electron chi connectivity index (χ4n) is 5.00. The summed E-state index contributed by atoms with van der Waals surface area (Å²) in [6.45, 7) is 0. The minimum absolute atomic E-state index is 0.0213. The SMILES string of the molecule is COC(=O)C1=C(C(=O)Nc2cccnc2)C2CC(O)C1(C(Cc1ccccc1)Oc1ccccc1)O2. The molecule has 36 heavy (non-hydrogen) atoms. The van der Waals surface area contributed by atoms with Crippen molar-refractivity contribution in [1.82, 2.24) is 4.98 Å². The number of carbonyl (C=O) groups excluding carboxylic acids is 2. The van der Waals surface area contributed by atoms with E-state index in [4.69, 9.17) is 14.2 Å². The van der Waals surface area contributed by atoms with Crippen molar-refractivity contribution in [3.8, 4) is 5.75 Å². The number of pyridine rings is 1. The highest BCUT2D eigenvalue weighted by Crippen LogP contribution is 2.51. The van der Waals surface area contributed by atoms with E-state index in [1.807, 2.05) is 48.5 Å². The second kappa shape index (κ2) is 9.93. The maximum absolute atomic E-state index is 13.4. The van der Waals surface area contributed by atoms with Crippen molar-refractivity contribution in [3.63, 3.8) is 0 Å². The Hall–Kier alpha value is -4.01. The van der Waals surface area contributed by atoms with E-state index in [1.165, 1.54) is 13.3 Å². The lowest BCUT2D eigenvalue weighted by Gasteiger charge is -2.38. The second-order valence-corrected chi connectivity index (χ2v) is 8.74. The number of hydrogen-bond acceptors (Lipinski definition) is 7. The predicted octanol–water partition coefficient (Wildman–Crippen LogP) is 3.08. The van der Waals surface area contributed by atoms with Crippen LogP contribution in [-0.4, -0.2) is 53.0 Å². The Morgan fingerprint density at radius 1 is 1.11 bits per heavy atom. The number of nitrogens with zero attached hydrogens (tertiary/aromatic N) is 1. The Balaban J connectivity index is 1.60. The molecule has 0 radical (unpaired) electrons. The van der Waals surface area contributed by atoms with Gasteiger partial charge in [-0.25, -0.2) is 4.79 Å². The highest BCUT2D eigenvalue weighted by Gasteiger charge is 2.66. The molecule has 0 spiro atoms. The number of ether oxygens (including phenoxy) is 3. The number of rotatable bonds is 8. The number of anilines is 1.